The van der Waals surface area contributed by atoms with E-state index in [-0.39, 0.29) is 6.42 Å². The Kier molecular flexibility index (Phi) is 3.64. The number of hydrogen-bond acceptors (Lipinski definition) is 3. The molecule has 1 heterocycles. The molecule has 1 atom stereocenters. The molecule has 0 saturated carbocycles. The number of nitrogens with two attached hydrogens (primary N) is 1. The zero-order chi connectivity index (χ0) is 9.68. The minimum absolute atomic E-state index is 0.271. The minimum atomic E-state index is -1.14. The monoisotopic (exact) mass is 184 g/mol. The molecule has 13 heavy (non-hydrogen) atoms. The Labute approximate surface area is 76.7 Å². The largest absolute Gasteiger partial charge is 0.495 e. The lowest BCUT2D eigenvalue weighted by Gasteiger charge is -2.09. The maximum atomic E-state index is 13.4. The lowest BCUT2D eigenvalue weighted by Crippen LogP contribution is -2.06. The first-order valence-corrected chi connectivity index (χ1v) is 4.12. The number of ether oxygens (including phenoxy) is 1. The van der Waals surface area contributed by atoms with Gasteiger partial charge in [0.2, 0.25) is 0 Å². The van der Waals surface area contributed by atoms with Crippen LogP contribution in [0.15, 0.2) is 18.3 Å². The zero-order valence-electron chi connectivity index (χ0n) is 7.53. The molecule has 4 heteroatoms. The van der Waals surface area contributed by atoms with Gasteiger partial charge in [-0.15, -0.1) is 0 Å². The second-order valence-electron chi connectivity index (χ2n) is 2.64. The highest BCUT2D eigenvalue weighted by Gasteiger charge is 2.14. The van der Waals surface area contributed by atoms with Crippen LogP contribution in [0, 0.1) is 0 Å². The second kappa shape index (κ2) is 4.77. The van der Waals surface area contributed by atoms with Gasteiger partial charge in [-0.1, -0.05) is 0 Å². The van der Waals surface area contributed by atoms with Crippen LogP contribution in [-0.4, -0.2) is 18.6 Å². The van der Waals surface area contributed by atoms with Gasteiger partial charge in [0.05, 0.1) is 7.11 Å². The van der Waals surface area contributed by atoms with E-state index in [1.165, 1.54) is 7.11 Å². The predicted octanol–water partition coefficient (Wildman–Crippen LogP) is 1.45. The fraction of sp³-hybridized carbons (Fsp3) is 0.444. The topological polar surface area (TPSA) is 48.1 Å². The summed E-state index contributed by atoms with van der Waals surface area (Å²) in [7, 11) is 1.50. The third kappa shape index (κ3) is 2.39. The summed E-state index contributed by atoms with van der Waals surface area (Å²) in [5, 5.41) is 0. The van der Waals surface area contributed by atoms with Crippen molar-refractivity contribution in [1.82, 2.24) is 4.98 Å². The molecular formula is C9H13FN2O. The first kappa shape index (κ1) is 9.92. The van der Waals surface area contributed by atoms with Crippen LogP contribution in [-0.2, 0) is 0 Å². The van der Waals surface area contributed by atoms with Crippen molar-refractivity contribution >= 4 is 0 Å². The number of aromatic nitrogens is 1. The molecule has 0 aromatic carbocycles. The van der Waals surface area contributed by atoms with Gasteiger partial charge in [-0.25, -0.2) is 4.39 Å². The molecule has 0 aliphatic rings. The SMILES string of the molecule is COc1cccnc1C(F)CCN. The molecule has 3 nitrogen and oxygen atoms in total. The van der Waals surface area contributed by atoms with Crippen LogP contribution < -0.4 is 10.5 Å². The summed E-state index contributed by atoms with van der Waals surface area (Å²) in [5.74, 6) is 0.475. The minimum Gasteiger partial charge on any atom is -0.495 e. The molecule has 0 aliphatic heterocycles. The third-order valence-electron chi connectivity index (χ3n) is 1.74. The maximum absolute atomic E-state index is 13.4. The normalized spacial score (nSPS) is 12.5. The van der Waals surface area contributed by atoms with E-state index >= 15 is 0 Å². The van der Waals surface area contributed by atoms with Crippen LogP contribution in [0.2, 0.25) is 0 Å². The molecule has 1 aromatic heterocycles. The molecule has 0 saturated heterocycles. The summed E-state index contributed by atoms with van der Waals surface area (Å²) in [6.07, 6.45) is 0.676. The van der Waals surface area contributed by atoms with Gasteiger partial charge < -0.3 is 10.5 Å². The zero-order valence-corrected chi connectivity index (χ0v) is 7.53. The Balaban J connectivity index is 2.85. The first-order chi connectivity index (χ1) is 6.29. The number of halogens is 1. The van der Waals surface area contributed by atoms with E-state index in [4.69, 9.17) is 10.5 Å². The lowest BCUT2D eigenvalue weighted by molar-refractivity contribution is 0.303. The molecule has 2 N–H and O–H groups in total. The Morgan fingerprint density at radius 2 is 2.46 bits per heavy atom. The summed E-state index contributed by atoms with van der Waals surface area (Å²) in [5.41, 5.74) is 5.58. The second-order valence-corrected chi connectivity index (χ2v) is 2.64. The van der Waals surface area contributed by atoms with Crippen molar-refractivity contribution < 1.29 is 9.13 Å². The van der Waals surface area contributed by atoms with Gasteiger partial charge in [-0.3, -0.25) is 4.98 Å². The van der Waals surface area contributed by atoms with Crippen molar-refractivity contribution in [1.29, 1.82) is 0 Å². The summed E-state index contributed by atoms with van der Waals surface area (Å²) in [4.78, 5) is 3.91. The van der Waals surface area contributed by atoms with Gasteiger partial charge in [0.15, 0.2) is 0 Å². The molecule has 0 aliphatic carbocycles. The molecular weight excluding hydrogens is 171 g/mol. The number of rotatable bonds is 4. The summed E-state index contributed by atoms with van der Waals surface area (Å²) in [6.45, 7) is 0.306. The van der Waals surface area contributed by atoms with Crippen LogP contribution in [0.5, 0.6) is 5.75 Å². The average Bonchev–Trinajstić information content (AvgIpc) is 2.18. The maximum Gasteiger partial charge on any atom is 0.147 e. The van der Waals surface area contributed by atoms with E-state index < -0.39 is 6.17 Å². The van der Waals surface area contributed by atoms with Crippen molar-refractivity contribution in [2.75, 3.05) is 13.7 Å². The highest BCUT2D eigenvalue weighted by Crippen LogP contribution is 2.26. The van der Waals surface area contributed by atoms with Gasteiger partial charge in [-0.2, -0.15) is 0 Å². The Hall–Kier alpha value is -1.16. The summed E-state index contributed by atoms with van der Waals surface area (Å²) < 4.78 is 18.3. The highest BCUT2D eigenvalue weighted by molar-refractivity contribution is 5.28. The van der Waals surface area contributed by atoms with Crippen molar-refractivity contribution in [3.05, 3.63) is 24.0 Å². The Bertz CT molecular complexity index is 268. The van der Waals surface area contributed by atoms with Crippen LogP contribution >= 0.6 is 0 Å². The van der Waals surface area contributed by atoms with Crippen molar-refractivity contribution in [2.24, 2.45) is 5.73 Å². The van der Waals surface area contributed by atoms with Gasteiger partial charge in [0.1, 0.15) is 17.6 Å². The number of pyridine rings is 1. The molecule has 72 valence electrons. The lowest BCUT2D eigenvalue weighted by atomic mass is 10.2. The van der Waals surface area contributed by atoms with Crippen LogP contribution in [0.4, 0.5) is 4.39 Å². The van der Waals surface area contributed by atoms with Crippen LogP contribution in [0.1, 0.15) is 18.3 Å². The molecule has 0 amide bonds. The van der Waals surface area contributed by atoms with Gasteiger partial charge in [0, 0.05) is 6.20 Å². The van der Waals surface area contributed by atoms with Gasteiger partial charge in [0.25, 0.3) is 0 Å². The van der Waals surface area contributed by atoms with Crippen molar-refractivity contribution in [3.8, 4) is 5.75 Å². The van der Waals surface area contributed by atoms with Gasteiger partial charge in [-0.05, 0) is 25.1 Å². The van der Waals surface area contributed by atoms with Crippen LogP contribution in [0.25, 0.3) is 0 Å². The number of methoxy groups -OCH3 is 1. The molecule has 0 bridgehead atoms. The van der Waals surface area contributed by atoms with Crippen molar-refractivity contribution in [3.63, 3.8) is 0 Å². The van der Waals surface area contributed by atoms with E-state index in [1.54, 1.807) is 18.3 Å². The van der Waals surface area contributed by atoms with E-state index in [0.29, 0.717) is 18.0 Å². The number of nitrogens with zero attached hydrogens (tertiary/aromatic N) is 1. The molecule has 0 fully saturated rings. The van der Waals surface area contributed by atoms with E-state index in [9.17, 15) is 4.39 Å². The quantitative estimate of drug-likeness (QED) is 0.770. The molecule has 1 aromatic rings. The Morgan fingerprint density at radius 3 is 3.08 bits per heavy atom. The first-order valence-electron chi connectivity index (χ1n) is 4.12. The van der Waals surface area contributed by atoms with Crippen molar-refractivity contribution in [2.45, 2.75) is 12.6 Å². The van der Waals surface area contributed by atoms with Crippen LogP contribution in [0.3, 0.4) is 0 Å². The molecule has 0 radical (unpaired) electrons. The molecule has 0 spiro atoms. The number of hydrogen-bond donors (Lipinski definition) is 1. The fourth-order valence-corrected chi connectivity index (χ4v) is 1.09. The standard InChI is InChI=1S/C9H13FN2O/c1-13-8-3-2-6-12-9(8)7(10)4-5-11/h2-3,6-7H,4-5,11H2,1H3. The summed E-state index contributed by atoms with van der Waals surface area (Å²) >= 11 is 0. The van der Waals surface area contributed by atoms with E-state index in [0.717, 1.165) is 0 Å². The highest BCUT2D eigenvalue weighted by atomic mass is 19.1. The Morgan fingerprint density at radius 1 is 1.69 bits per heavy atom. The predicted molar refractivity (Wildman–Crippen MR) is 48.3 cm³/mol. The van der Waals surface area contributed by atoms with E-state index in [2.05, 4.69) is 4.98 Å². The average molecular weight is 184 g/mol. The van der Waals surface area contributed by atoms with E-state index in [1.807, 2.05) is 0 Å². The number of alkyl halides is 1. The summed E-state index contributed by atoms with van der Waals surface area (Å²) in [6, 6.07) is 3.39. The molecule has 1 rings (SSSR count). The van der Waals surface area contributed by atoms with Gasteiger partial charge >= 0.3 is 0 Å². The molecule has 1 unspecified atom stereocenters. The smallest absolute Gasteiger partial charge is 0.147 e. The third-order valence-corrected chi connectivity index (χ3v) is 1.74. The fourth-order valence-electron chi connectivity index (χ4n) is 1.09.